The van der Waals surface area contributed by atoms with E-state index < -0.39 is 15.8 Å². The third-order valence-electron chi connectivity index (χ3n) is 2.68. The van der Waals surface area contributed by atoms with Crippen molar-refractivity contribution in [3.05, 3.63) is 42.5 Å². The Hall–Kier alpha value is -2.22. The number of rotatable bonds is 4. The van der Waals surface area contributed by atoms with Gasteiger partial charge in [0.1, 0.15) is 10.7 Å². The number of aromatic nitrogens is 2. The van der Waals surface area contributed by atoms with E-state index in [2.05, 4.69) is 15.3 Å². The zero-order valence-electron chi connectivity index (χ0n) is 10.9. The minimum atomic E-state index is -3.82. The zero-order chi connectivity index (χ0) is 14.8. The van der Waals surface area contributed by atoms with Crippen LogP contribution in [0.25, 0.3) is 0 Å². The molecule has 0 unspecified atom stereocenters. The molecule has 1 N–H and O–H groups in total. The molecule has 0 fully saturated rings. The van der Waals surface area contributed by atoms with Crippen LogP contribution in [-0.4, -0.2) is 32.5 Å². The van der Waals surface area contributed by atoms with Crippen molar-refractivity contribution >= 4 is 21.7 Å². The Morgan fingerprint density at radius 2 is 1.90 bits per heavy atom. The molecule has 0 aliphatic heterocycles. The Labute approximate surface area is 116 Å². The molecule has 0 atom stereocenters. The first kappa shape index (κ1) is 14.2. The predicted molar refractivity (Wildman–Crippen MR) is 73.6 cm³/mol. The van der Waals surface area contributed by atoms with E-state index in [1.165, 1.54) is 37.6 Å². The first-order chi connectivity index (χ1) is 9.45. The fourth-order valence-corrected chi connectivity index (χ4v) is 2.63. The number of nitrogens with zero attached hydrogens (tertiary/aromatic N) is 3. The third kappa shape index (κ3) is 2.69. The third-order valence-corrected chi connectivity index (χ3v) is 4.42. The van der Waals surface area contributed by atoms with Gasteiger partial charge < -0.3 is 5.32 Å². The summed E-state index contributed by atoms with van der Waals surface area (Å²) in [5, 5.41) is 2.69. The molecule has 8 heteroatoms. The van der Waals surface area contributed by atoms with Gasteiger partial charge in [-0.3, -0.25) is 4.31 Å². The average Bonchev–Trinajstić information content (AvgIpc) is 2.46. The molecule has 0 bridgehead atoms. The van der Waals surface area contributed by atoms with E-state index in [9.17, 15) is 12.8 Å². The van der Waals surface area contributed by atoms with E-state index in [4.69, 9.17) is 0 Å². The molecule has 106 valence electrons. The summed E-state index contributed by atoms with van der Waals surface area (Å²) in [7, 11) is -0.849. The van der Waals surface area contributed by atoms with Crippen molar-refractivity contribution in [2.45, 2.75) is 4.90 Å². The lowest BCUT2D eigenvalue weighted by atomic mass is 10.3. The van der Waals surface area contributed by atoms with Gasteiger partial charge in [-0.15, -0.1) is 0 Å². The molecule has 1 heterocycles. The summed E-state index contributed by atoms with van der Waals surface area (Å²) < 4.78 is 38.8. The maximum atomic E-state index is 13.2. The zero-order valence-corrected chi connectivity index (χ0v) is 11.7. The highest BCUT2D eigenvalue weighted by molar-refractivity contribution is 7.92. The van der Waals surface area contributed by atoms with Crippen LogP contribution in [0.4, 0.5) is 16.0 Å². The van der Waals surface area contributed by atoms with Crippen molar-refractivity contribution in [3.63, 3.8) is 0 Å². The number of sulfonamides is 1. The molecular formula is C12H13FN4O2S. The fraction of sp³-hybridized carbons (Fsp3) is 0.167. The van der Waals surface area contributed by atoms with Gasteiger partial charge >= 0.3 is 0 Å². The van der Waals surface area contributed by atoms with Crippen LogP contribution in [-0.2, 0) is 10.0 Å². The number of halogens is 1. The summed E-state index contributed by atoms with van der Waals surface area (Å²) in [4.78, 5) is 7.64. The maximum absolute atomic E-state index is 13.2. The van der Waals surface area contributed by atoms with Crippen LogP contribution in [0, 0.1) is 5.82 Å². The molecule has 0 saturated heterocycles. The quantitative estimate of drug-likeness (QED) is 0.925. The Balaban J connectivity index is 2.38. The Morgan fingerprint density at radius 3 is 2.45 bits per heavy atom. The molecule has 0 spiro atoms. The van der Waals surface area contributed by atoms with Gasteiger partial charge in [0.15, 0.2) is 0 Å². The summed E-state index contributed by atoms with van der Waals surface area (Å²) >= 11 is 0. The van der Waals surface area contributed by atoms with Gasteiger partial charge in [-0.1, -0.05) is 6.07 Å². The topological polar surface area (TPSA) is 75.2 Å². The summed E-state index contributed by atoms with van der Waals surface area (Å²) in [5.41, 5.74) is 0.225. The van der Waals surface area contributed by atoms with E-state index in [0.717, 1.165) is 10.4 Å². The Bertz CT molecular complexity index is 704. The van der Waals surface area contributed by atoms with Gasteiger partial charge in [0.2, 0.25) is 5.95 Å². The molecule has 1 aromatic carbocycles. The minimum Gasteiger partial charge on any atom is -0.357 e. The molecular weight excluding hydrogens is 283 g/mol. The molecule has 20 heavy (non-hydrogen) atoms. The lowest BCUT2D eigenvalue weighted by Gasteiger charge is -2.19. The van der Waals surface area contributed by atoms with E-state index in [0.29, 0.717) is 5.95 Å². The highest BCUT2D eigenvalue weighted by Crippen LogP contribution is 2.21. The minimum absolute atomic E-state index is 0.0664. The number of anilines is 2. The van der Waals surface area contributed by atoms with Crippen molar-refractivity contribution in [1.29, 1.82) is 0 Å². The van der Waals surface area contributed by atoms with Gasteiger partial charge in [-0.25, -0.2) is 22.8 Å². The monoisotopic (exact) mass is 296 g/mol. The molecule has 0 saturated carbocycles. The van der Waals surface area contributed by atoms with Gasteiger partial charge in [-0.05, 0) is 18.2 Å². The van der Waals surface area contributed by atoms with Gasteiger partial charge in [-0.2, -0.15) is 0 Å². The summed E-state index contributed by atoms with van der Waals surface area (Å²) in [6, 6.07) is 5.33. The second kappa shape index (κ2) is 5.41. The van der Waals surface area contributed by atoms with Crippen LogP contribution in [0.1, 0.15) is 0 Å². The number of hydrogen-bond donors (Lipinski definition) is 1. The highest BCUT2D eigenvalue weighted by atomic mass is 32.2. The van der Waals surface area contributed by atoms with E-state index in [1.807, 2.05) is 0 Å². The summed E-state index contributed by atoms with van der Waals surface area (Å²) in [6.07, 6.45) is 2.40. The fourth-order valence-electron chi connectivity index (χ4n) is 1.55. The number of nitrogens with one attached hydrogen (secondary N) is 1. The molecule has 6 nitrogen and oxygen atoms in total. The standard InChI is InChI=1S/C12H13FN4O2S/c1-14-12-15-7-11(8-16-12)20(18,19)17(2)10-5-3-4-9(13)6-10/h3-8H,1-2H3,(H,14,15,16). The molecule has 2 aromatic rings. The lowest BCUT2D eigenvalue weighted by Crippen LogP contribution is -2.26. The molecule has 0 aliphatic carbocycles. The first-order valence-electron chi connectivity index (χ1n) is 5.69. The number of benzene rings is 1. The number of hydrogen-bond acceptors (Lipinski definition) is 5. The van der Waals surface area contributed by atoms with Crippen LogP contribution < -0.4 is 9.62 Å². The molecule has 0 radical (unpaired) electrons. The van der Waals surface area contributed by atoms with Crippen molar-refractivity contribution in [2.75, 3.05) is 23.7 Å². The normalized spacial score (nSPS) is 11.2. The predicted octanol–water partition coefficient (Wildman–Crippen LogP) is 1.48. The van der Waals surface area contributed by atoms with Crippen LogP contribution in [0.3, 0.4) is 0 Å². The molecule has 2 rings (SSSR count). The second-order valence-electron chi connectivity index (χ2n) is 3.94. The Kier molecular flexibility index (Phi) is 3.84. The largest absolute Gasteiger partial charge is 0.357 e. The van der Waals surface area contributed by atoms with E-state index >= 15 is 0 Å². The Morgan fingerprint density at radius 1 is 1.25 bits per heavy atom. The molecule has 0 aliphatic rings. The van der Waals surface area contributed by atoms with Crippen molar-refractivity contribution < 1.29 is 12.8 Å². The summed E-state index contributed by atoms with van der Waals surface area (Å²) in [5.74, 6) is -0.191. The van der Waals surface area contributed by atoms with Gasteiger partial charge in [0.05, 0.1) is 18.1 Å². The van der Waals surface area contributed by atoms with Crippen molar-refractivity contribution in [1.82, 2.24) is 9.97 Å². The van der Waals surface area contributed by atoms with Crippen molar-refractivity contribution in [2.24, 2.45) is 0 Å². The van der Waals surface area contributed by atoms with Crippen LogP contribution in [0.15, 0.2) is 41.6 Å². The highest BCUT2D eigenvalue weighted by Gasteiger charge is 2.22. The first-order valence-corrected chi connectivity index (χ1v) is 7.13. The second-order valence-corrected chi connectivity index (χ2v) is 5.91. The van der Waals surface area contributed by atoms with Crippen molar-refractivity contribution in [3.8, 4) is 0 Å². The SMILES string of the molecule is CNc1ncc(S(=O)(=O)N(C)c2cccc(F)c2)cn1. The van der Waals surface area contributed by atoms with Crippen LogP contribution in [0.5, 0.6) is 0 Å². The average molecular weight is 296 g/mol. The van der Waals surface area contributed by atoms with E-state index in [-0.39, 0.29) is 10.6 Å². The maximum Gasteiger partial charge on any atom is 0.267 e. The van der Waals surface area contributed by atoms with Crippen LogP contribution >= 0.6 is 0 Å². The van der Waals surface area contributed by atoms with Gasteiger partial charge in [0.25, 0.3) is 10.0 Å². The smallest absolute Gasteiger partial charge is 0.267 e. The summed E-state index contributed by atoms with van der Waals surface area (Å²) in [6.45, 7) is 0. The lowest BCUT2D eigenvalue weighted by molar-refractivity contribution is 0.593. The van der Waals surface area contributed by atoms with Gasteiger partial charge in [0, 0.05) is 14.1 Å². The van der Waals surface area contributed by atoms with E-state index in [1.54, 1.807) is 7.05 Å². The molecule has 1 aromatic heterocycles. The van der Waals surface area contributed by atoms with Crippen LogP contribution in [0.2, 0.25) is 0 Å². The molecule has 0 amide bonds.